The van der Waals surface area contributed by atoms with E-state index in [1.165, 1.54) is 28.8 Å². The number of non-ortho nitro benzene ring substituents is 1. The van der Waals surface area contributed by atoms with Crippen molar-refractivity contribution < 1.29 is 9.72 Å². The minimum atomic E-state index is -0.470. The van der Waals surface area contributed by atoms with Crippen LogP contribution in [-0.2, 0) is 24.2 Å². The average molecular weight is 364 g/mol. The highest BCUT2D eigenvalue weighted by atomic mass is 16.6. The van der Waals surface area contributed by atoms with Gasteiger partial charge in [-0.05, 0) is 30.7 Å². The van der Waals surface area contributed by atoms with Gasteiger partial charge in [-0.15, -0.1) is 0 Å². The molecule has 0 spiro atoms. The van der Waals surface area contributed by atoms with Crippen LogP contribution < -0.4 is 10.6 Å². The van der Waals surface area contributed by atoms with Gasteiger partial charge in [-0.25, -0.2) is 0 Å². The topological polar surface area (TPSA) is 89.2 Å². The number of anilines is 1. The van der Waals surface area contributed by atoms with E-state index in [4.69, 9.17) is 0 Å². The molecule has 2 heterocycles. The van der Waals surface area contributed by atoms with Gasteiger partial charge in [0.05, 0.1) is 4.92 Å². The average Bonchev–Trinajstić information content (AvgIpc) is 2.82. The van der Waals surface area contributed by atoms with Crippen molar-refractivity contribution >= 4 is 28.2 Å². The fourth-order valence-electron chi connectivity index (χ4n) is 3.76. The van der Waals surface area contributed by atoms with E-state index >= 15 is 0 Å². The van der Waals surface area contributed by atoms with Gasteiger partial charge in [-0.3, -0.25) is 14.9 Å². The number of rotatable bonds is 4. The molecule has 0 radical (unpaired) electrons. The van der Waals surface area contributed by atoms with E-state index in [-0.39, 0.29) is 18.1 Å². The fraction of sp³-hybridized carbons (Fsp3) is 0.250. The maximum absolute atomic E-state index is 12.7. The van der Waals surface area contributed by atoms with E-state index in [1.54, 1.807) is 12.1 Å². The van der Waals surface area contributed by atoms with Crippen molar-refractivity contribution in [3.63, 3.8) is 0 Å². The molecule has 7 nitrogen and oxygen atoms in total. The molecule has 4 rings (SSSR count). The van der Waals surface area contributed by atoms with Gasteiger partial charge in [0.1, 0.15) is 6.54 Å². The van der Waals surface area contributed by atoms with Crippen molar-refractivity contribution in [2.24, 2.45) is 0 Å². The second-order valence-corrected chi connectivity index (χ2v) is 6.63. The van der Waals surface area contributed by atoms with E-state index in [1.807, 2.05) is 18.2 Å². The highest BCUT2D eigenvalue weighted by Gasteiger charge is 2.20. The number of para-hydroxylation sites is 1. The summed E-state index contributed by atoms with van der Waals surface area (Å²) in [6.07, 6.45) is 1.81. The molecule has 0 aliphatic carbocycles. The normalized spacial score (nSPS) is 13.8. The van der Waals surface area contributed by atoms with Crippen molar-refractivity contribution in [3.8, 4) is 0 Å². The van der Waals surface area contributed by atoms with Crippen molar-refractivity contribution in [2.45, 2.75) is 19.4 Å². The Bertz CT molecular complexity index is 1030. The van der Waals surface area contributed by atoms with E-state index in [9.17, 15) is 14.9 Å². The van der Waals surface area contributed by atoms with Crippen LogP contribution in [0.15, 0.2) is 48.5 Å². The molecule has 1 aliphatic rings. The molecular weight excluding hydrogens is 344 g/mol. The van der Waals surface area contributed by atoms with Crippen LogP contribution in [0.5, 0.6) is 0 Å². The molecule has 138 valence electrons. The second kappa shape index (κ2) is 7.20. The number of amides is 1. The summed E-state index contributed by atoms with van der Waals surface area (Å²) in [5.74, 6) is -0.198. The van der Waals surface area contributed by atoms with Crippen molar-refractivity contribution in [3.05, 3.63) is 69.9 Å². The first-order chi connectivity index (χ1) is 13.1. The number of nitrogens with one attached hydrogen (secondary N) is 2. The molecule has 0 atom stereocenters. The number of aromatic nitrogens is 1. The number of carbonyl (C=O) groups is 1. The summed E-state index contributed by atoms with van der Waals surface area (Å²) in [6, 6.07) is 14.1. The molecule has 1 aliphatic heterocycles. The lowest BCUT2D eigenvalue weighted by Crippen LogP contribution is -2.21. The van der Waals surface area contributed by atoms with Gasteiger partial charge < -0.3 is 15.2 Å². The van der Waals surface area contributed by atoms with E-state index in [0.717, 1.165) is 31.4 Å². The molecule has 3 aromatic rings. The van der Waals surface area contributed by atoms with Crippen LogP contribution in [0.25, 0.3) is 10.9 Å². The fourth-order valence-corrected chi connectivity index (χ4v) is 3.76. The van der Waals surface area contributed by atoms with Gasteiger partial charge >= 0.3 is 0 Å². The minimum absolute atomic E-state index is 0.0424. The largest absolute Gasteiger partial charge is 0.335 e. The summed E-state index contributed by atoms with van der Waals surface area (Å²) in [7, 11) is 0. The van der Waals surface area contributed by atoms with Crippen LogP contribution in [-0.4, -0.2) is 28.5 Å². The van der Waals surface area contributed by atoms with E-state index in [0.29, 0.717) is 5.69 Å². The number of nitro benzene ring substituents is 1. The number of hydrogen-bond donors (Lipinski definition) is 2. The van der Waals surface area contributed by atoms with Crippen molar-refractivity contribution in [2.75, 3.05) is 18.4 Å². The molecule has 2 N–H and O–H groups in total. The third-order valence-corrected chi connectivity index (χ3v) is 4.93. The Kier molecular flexibility index (Phi) is 4.60. The molecule has 1 aromatic heterocycles. The first kappa shape index (κ1) is 17.2. The van der Waals surface area contributed by atoms with Crippen LogP contribution in [0.3, 0.4) is 0 Å². The summed E-state index contributed by atoms with van der Waals surface area (Å²) in [5.41, 5.74) is 3.94. The molecule has 0 fully saturated rings. The third kappa shape index (κ3) is 3.41. The number of nitrogens with zero attached hydrogens (tertiary/aromatic N) is 2. The smallest absolute Gasteiger partial charge is 0.271 e. The molecule has 1 amide bonds. The summed E-state index contributed by atoms with van der Waals surface area (Å²) < 4.78 is 2.07. The van der Waals surface area contributed by atoms with Gasteiger partial charge in [0.25, 0.3) is 5.69 Å². The first-order valence-electron chi connectivity index (χ1n) is 8.97. The Morgan fingerprint density at radius 1 is 1.15 bits per heavy atom. The highest BCUT2D eigenvalue weighted by Crippen LogP contribution is 2.28. The molecule has 0 bridgehead atoms. The summed E-state index contributed by atoms with van der Waals surface area (Å²) in [6.45, 7) is 2.00. The molecule has 0 unspecified atom stereocenters. The summed E-state index contributed by atoms with van der Waals surface area (Å²) in [4.78, 5) is 23.1. The highest BCUT2D eigenvalue weighted by molar-refractivity contribution is 5.93. The van der Waals surface area contributed by atoms with Gasteiger partial charge in [-0.2, -0.15) is 0 Å². The molecule has 2 aromatic carbocycles. The zero-order valence-electron chi connectivity index (χ0n) is 14.8. The monoisotopic (exact) mass is 364 g/mol. The van der Waals surface area contributed by atoms with Crippen LogP contribution in [0.2, 0.25) is 0 Å². The van der Waals surface area contributed by atoms with Crippen molar-refractivity contribution in [1.29, 1.82) is 0 Å². The van der Waals surface area contributed by atoms with Crippen molar-refractivity contribution in [1.82, 2.24) is 9.88 Å². The van der Waals surface area contributed by atoms with Crippen LogP contribution in [0.1, 0.15) is 11.3 Å². The Morgan fingerprint density at radius 2 is 1.96 bits per heavy atom. The predicted octanol–water partition coefficient (Wildman–Crippen LogP) is 2.88. The number of carbonyl (C=O) groups excluding carboxylic acids is 1. The SMILES string of the molecule is O=C(Cn1c2c(c3ccccc31)CCNCC2)Nc1cccc([N+](=O)[O-])c1. The van der Waals surface area contributed by atoms with E-state index < -0.39 is 4.92 Å². The Balaban J connectivity index is 1.63. The molecule has 27 heavy (non-hydrogen) atoms. The summed E-state index contributed by atoms with van der Waals surface area (Å²) in [5, 5.41) is 18.3. The minimum Gasteiger partial charge on any atom is -0.335 e. The lowest BCUT2D eigenvalue weighted by molar-refractivity contribution is -0.384. The maximum Gasteiger partial charge on any atom is 0.271 e. The van der Waals surface area contributed by atoms with Gasteiger partial charge in [0.15, 0.2) is 0 Å². The van der Waals surface area contributed by atoms with Gasteiger partial charge in [0, 0.05) is 47.4 Å². The lowest BCUT2D eigenvalue weighted by Gasteiger charge is -2.11. The second-order valence-electron chi connectivity index (χ2n) is 6.63. The molecular formula is C20H20N4O3. The number of nitro groups is 1. The first-order valence-corrected chi connectivity index (χ1v) is 8.97. The van der Waals surface area contributed by atoms with Gasteiger partial charge in [0.2, 0.25) is 5.91 Å². The maximum atomic E-state index is 12.7. The Morgan fingerprint density at radius 3 is 2.81 bits per heavy atom. The standard InChI is InChI=1S/C20H20N4O3/c25-20(22-14-4-3-5-15(12-14)24(26)27)13-23-18-7-2-1-6-16(18)17-8-10-21-11-9-19(17)23/h1-7,12,21H,8-11,13H2,(H,22,25). The zero-order valence-corrected chi connectivity index (χ0v) is 14.8. The molecule has 0 saturated carbocycles. The predicted molar refractivity (Wildman–Crippen MR) is 104 cm³/mol. The number of benzene rings is 2. The molecule has 0 saturated heterocycles. The molecule has 7 heteroatoms. The number of fused-ring (bicyclic) bond motifs is 3. The van der Waals surface area contributed by atoms with E-state index in [2.05, 4.69) is 21.3 Å². The van der Waals surface area contributed by atoms with Crippen LogP contribution in [0, 0.1) is 10.1 Å². The summed E-state index contributed by atoms with van der Waals surface area (Å²) >= 11 is 0. The Hall–Kier alpha value is -3.19. The van der Waals surface area contributed by atoms with Crippen LogP contribution in [0.4, 0.5) is 11.4 Å². The zero-order chi connectivity index (χ0) is 18.8. The Labute approximate surface area is 156 Å². The lowest BCUT2D eigenvalue weighted by atomic mass is 10.1. The number of hydrogen-bond acceptors (Lipinski definition) is 4. The van der Waals surface area contributed by atoms with Gasteiger partial charge in [-0.1, -0.05) is 24.3 Å². The quantitative estimate of drug-likeness (QED) is 0.550. The van der Waals surface area contributed by atoms with Crippen LogP contribution >= 0.6 is 0 Å². The third-order valence-electron chi connectivity index (χ3n) is 4.93.